The second-order valence-electron chi connectivity index (χ2n) is 11.8. The Morgan fingerprint density at radius 2 is 1.29 bits per heavy atom. The zero-order valence-corrected chi connectivity index (χ0v) is 26.6. The van der Waals surface area contributed by atoms with Gasteiger partial charge in [-0.25, -0.2) is 4.79 Å². The highest BCUT2D eigenvalue weighted by molar-refractivity contribution is 6.62. The molecule has 0 aliphatic carbocycles. The van der Waals surface area contributed by atoms with Crippen molar-refractivity contribution in [1.29, 1.82) is 0 Å². The fourth-order valence-corrected chi connectivity index (χ4v) is 5.64. The van der Waals surface area contributed by atoms with Crippen molar-refractivity contribution in [2.45, 2.75) is 63.8 Å². The number of hydrogen-bond acceptors (Lipinski definition) is 11. The van der Waals surface area contributed by atoms with Crippen molar-refractivity contribution < 1.29 is 79.3 Å². The van der Waals surface area contributed by atoms with Crippen molar-refractivity contribution in [3.63, 3.8) is 0 Å². The summed E-state index contributed by atoms with van der Waals surface area (Å²) in [6.07, 6.45) is -11.0. The molecule has 0 saturated carbocycles. The van der Waals surface area contributed by atoms with E-state index >= 15 is 0 Å². The summed E-state index contributed by atoms with van der Waals surface area (Å²) in [7, 11) is -3.60. The summed E-state index contributed by atoms with van der Waals surface area (Å²) < 4.78 is 92.8. The van der Waals surface area contributed by atoms with Gasteiger partial charge in [0, 0.05) is 30.5 Å². The SMILES string of the molecule is CC(NC(=O)c1cc2c(c(C(F)(F)F)c1)COB2O)C(NC(=O)c1cc2c(c(C(F)(F)F)c1)COB2O)C(=O)NCCC(=O)ON1C(=O)CCC1=O. The molecule has 5 rings (SSSR count). The first kappa shape index (κ1) is 38.2. The van der Waals surface area contributed by atoms with E-state index in [1.165, 1.54) is 0 Å². The summed E-state index contributed by atoms with van der Waals surface area (Å²) in [5.41, 5.74) is -5.49. The molecule has 276 valence electrons. The predicted molar refractivity (Wildman–Crippen MR) is 161 cm³/mol. The van der Waals surface area contributed by atoms with E-state index in [2.05, 4.69) is 16.0 Å². The molecule has 1 fully saturated rings. The van der Waals surface area contributed by atoms with Crippen molar-refractivity contribution >= 4 is 60.7 Å². The van der Waals surface area contributed by atoms with Gasteiger partial charge in [-0.2, -0.15) is 26.3 Å². The third kappa shape index (κ3) is 8.06. The highest BCUT2D eigenvalue weighted by atomic mass is 19.4. The van der Waals surface area contributed by atoms with Gasteiger partial charge in [0.05, 0.1) is 36.8 Å². The number of hydrogen-bond donors (Lipinski definition) is 5. The van der Waals surface area contributed by atoms with Crippen LogP contribution in [0, 0.1) is 0 Å². The Hall–Kier alpha value is -4.99. The molecule has 2 aromatic carbocycles. The van der Waals surface area contributed by atoms with Gasteiger partial charge in [0.1, 0.15) is 6.04 Å². The van der Waals surface area contributed by atoms with Crippen LogP contribution in [0.5, 0.6) is 0 Å². The van der Waals surface area contributed by atoms with Crippen molar-refractivity contribution in [3.05, 3.63) is 57.6 Å². The molecule has 2 atom stereocenters. The number of alkyl halides is 6. The van der Waals surface area contributed by atoms with Crippen LogP contribution in [0.4, 0.5) is 26.3 Å². The first-order chi connectivity index (χ1) is 24.3. The number of nitrogens with one attached hydrogen (secondary N) is 3. The van der Waals surface area contributed by atoms with Gasteiger partial charge in [0.2, 0.25) is 5.91 Å². The molecular formula is C29H26B2F6N4O11. The molecule has 1 saturated heterocycles. The monoisotopic (exact) mass is 742 g/mol. The van der Waals surface area contributed by atoms with Gasteiger partial charge >= 0.3 is 32.6 Å². The number of fused-ring (bicyclic) bond motifs is 2. The normalized spacial score (nSPS) is 16.8. The Bertz CT molecular complexity index is 1830. The molecular weight excluding hydrogens is 716 g/mol. The topological polar surface area (TPSA) is 210 Å². The smallest absolute Gasteiger partial charge is 0.423 e. The van der Waals surface area contributed by atoms with Crippen LogP contribution >= 0.6 is 0 Å². The number of carbonyl (C=O) groups is 6. The lowest BCUT2D eigenvalue weighted by Crippen LogP contribution is -2.58. The van der Waals surface area contributed by atoms with E-state index in [1.54, 1.807) is 0 Å². The van der Waals surface area contributed by atoms with Gasteiger partial charge in [0.15, 0.2) is 0 Å². The van der Waals surface area contributed by atoms with Crippen LogP contribution < -0.4 is 26.9 Å². The van der Waals surface area contributed by atoms with Gasteiger partial charge in [0.25, 0.3) is 23.6 Å². The minimum atomic E-state index is -5.01. The van der Waals surface area contributed by atoms with Gasteiger partial charge in [-0.3, -0.25) is 24.0 Å². The molecule has 5 amide bonds. The molecule has 3 heterocycles. The molecule has 2 unspecified atom stereocenters. The highest BCUT2D eigenvalue weighted by Crippen LogP contribution is 2.35. The van der Waals surface area contributed by atoms with E-state index in [4.69, 9.17) is 14.1 Å². The molecule has 15 nitrogen and oxygen atoms in total. The summed E-state index contributed by atoms with van der Waals surface area (Å²) in [5, 5.41) is 26.9. The van der Waals surface area contributed by atoms with Gasteiger partial charge in [-0.1, -0.05) is 0 Å². The molecule has 5 N–H and O–H groups in total. The first-order valence-electron chi connectivity index (χ1n) is 15.3. The summed E-state index contributed by atoms with van der Waals surface area (Å²) in [6, 6.07) is -0.671. The number of carbonyl (C=O) groups excluding carboxylic acids is 6. The van der Waals surface area contributed by atoms with E-state index in [0.29, 0.717) is 12.1 Å². The summed E-state index contributed by atoms with van der Waals surface area (Å²) in [4.78, 5) is 80.2. The fourth-order valence-electron chi connectivity index (χ4n) is 5.64. The second-order valence-corrected chi connectivity index (χ2v) is 11.8. The Labute approximate surface area is 289 Å². The largest absolute Gasteiger partial charge is 0.491 e. The van der Waals surface area contributed by atoms with Gasteiger partial charge in [-0.15, -0.1) is 5.06 Å². The second kappa shape index (κ2) is 14.6. The lowest BCUT2D eigenvalue weighted by atomic mass is 9.77. The maximum absolute atomic E-state index is 13.9. The maximum Gasteiger partial charge on any atom is 0.491 e. The molecule has 52 heavy (non-hydrogen) atoms. The number of rotatable bonds is 10. The zero-order valence-electron chi connectivity index (χ0n) is 26.6. The third-order valence-corrected chi connectivity index (χ3v) is 8.26. The van der Waals surface area contributed by atoms with Crippen LogP contribution in [-0.2, 0) is 58.9 Å². The quantitative estimate of drug-likeness (QED) is 0.116. The number of amides is 5. The number of nitrogens with zero attached hydrogens (tertiary/aromatic N) is 1. The van der Waals surface area contributed by atoms with Crippen LogP contribution in [0.2, 0.25) is 0 Å². The molecule has 0 radical (unpaired) electrons. The van der Waals surface area contributed by atoms with E-state index < -0.39 is 134 Å². The number of halogens is 6. The molecule has 2 aromatic rings. The van der Waals surface area contributed by atoms with Crippen LogP contribution in [0.1, 0.15) is 69.2 Å². The highest BCUT2D eigenvalue weighted by Gasteiger charge is 2.43. The van der Waals surface area contributed by atoms with E-state index in [-0.39, 0.29) is 28.8 Å². The standard InChI is InChI=1S/C29H26B2F6N4O11/c1-12(39-25(45)13-6-17(28(32,33)34)15-10-50-30(48)19(15)8-13)24(27(47)38-5-4-23(44)52-41-21(42)2-3-22(41)43)40-26(46)14-7-18(29(35,36)37)16-11-51-31(49)20(16)9-14/h6-9,12,24,48-49H,2-5,10-11H2,1H3,(H,38,47)(H,39,45)(H,40,46). The summed E-state index contributed by atoms with van der Waals surface area (Å²) >= 11 is 0. The lowest BCUT2D eigenvalue weighted by Gasteiger charge is -2.26. The minimum absolute atomic E-state index is 0.189. The van der Waals surface area contributed by atoms with Crippen LogP contribution in [-0.4, -0.2) is 83.5 Å². The molecule has 0 aromatic heterocycles. The van der Waals surface area contributed by atoms with Crippen molar-refractivity contribution in [2.75, 3.05) is 6.54 Å². The van der Waals surface area contributed by atoms with E-state index in [1.807, 2.05) is 0 Å². The number of hydroxylamine groups is 2. The zero-order chi connectivity index (χ0) is 38.3. The Morgan fingerprint density at radius 3 is 1.75 bits per heavy atom. The molecule has 0 spiro atoms. The average molecular weight is 742 g/mol. The Morgan fingerprint density at radius 1 is 0.827 bits per heavy atom. The molecule has 3 aliphatic heterocycles. The number of imide groups is 1. The van der Waals surface area contributed by atoms with Crippen LogP contribution in [0.15, 0.2) is 24.3 Å². The van der Waals surface area contributed by atoms with Gasteiger partial charge < -0.3 is 40.1 Å². The number of benzene rings is 2. The summed E-state index contributed by atoms with van der Waals surface area (Å²) in [5.74, 6) is -6.39. The molecule has 3 aliphatic rings. The van der Waals surface area contributed by atoms with Crippen LogP contribution in [0.25, 0.3) is 0 Å². The Balaban J connectivity index is 1.38. The van der Waals surface area contributed by atoms with E-state index in [9.17, 15) is 65.2 Å². The van der Waals surface area contributed by atoms with Crippen LogP contribution in [0.3, 0.4) is 0 Å². The first-order valence-corrected chi connectivity index (χ1v) is 15.3. The maximum atomic E-state index is 13.9. The molecule has 23 heteroatoms. The fraction of sp³-hybridized carbons (Fsp3) is 0.379. The predicted octanol–water partition coefficient (Wildman–Crippen LogP) is -0.810. The lowest BCUT2D eigenvalue weighted by molar-refractivity contribution is -0.197. The van der Waals surface area contributed by atoms with Crippen molar-refractivity contribution in [3.8, 4) is 0 Å². The van der Waals surface area contributed by atoms with Crippen molar-refractivity contribution in [1.82, 2.24) is 21.0 Å². The summed E-state index contributed by atoms with van der Waals surface area (Å²) in [6.45, 7) is -0.651. The van der Waals surface area contributed by atoms with E-state index in [0.717, 1.165) is 19.1 Å². The average Bonchev–Trinajstić information content (AvgIpc) is 3.73. The minimum Gasteiger partial charge on any atom is -0.423 e. The Kier molecular flexibility index (Phi) is 10.7. The third-order valence-electron chi connectivity index (χ3n) is 8.26. The van der Waals surface area contributed by atoms with Gasteiger partial charge in [-0.05, 0) is 53.2 Å². The van der Waals surface area contributed by atoms with Crippen molar-refractivity contribution in [2.24, 2.45) is 0 Å². The molecule has 0 bridgehead atoms.